The summed E-state index contributed by atoms with van der Waals surface area (Å²) in [6, 6.07) is 29.4. The number of para-hydroxylation sites is 1. The molecule has 274 valence electrons. The number of aromatic hydroxyl groups is 1. The molecule has 4 aliphatic rings. The van der Waals surface area contributed by atoms with E-state index < -0.39 is 0 Å². The van der Waals surface area contributed by atoms with E-state index in [0.29, 0.717) is 54.9 Å². The Morgan fingerprint density at radius 3 is 2.20 bits per heavy atom. The molecule has 2 amide bonds. The van der Waals surface area contributed by atoms with Crippen LogP contribution in [0.1, 0.15) is 46.4 Å². The molecule has 4 fully saturated rings. The average molecular weight is 721 g/mol. The second-order valence-corrected chi connectivity index (χ2v) is 15.9. The lowest BCUT2D eigenvalue weighted by Gasteiger charge is -2.40. The number of methoxy groups -OCH3 is 1. The first-order valence-electron chi connectivity index (χ1n) is 19.2. The van der Waals surface area contributed by atoms with Gasteiger partial charge in [-0.15, -0.1) is 0 Å². The number of phenols is 1. The zero-order chi connectivity index (χ0) is 36.7. The van der Waals surface area contributed by atoms with Gasteiger partial charge in [0.15, 0.2) is 5.82 Å². The molecule has 2 bridgehead atoms. The Bertz CT molecular complexity index is 2420. The zero-order valence-electron chi connectivity index (χ0n) is 30.4. The lowest BCUT2D eigenvalue weighted by molar-refractivity contribution is 0.0471. The van der Waals surface area contributed by atoms with Gasteiger partial charge in [-0.05, 0) is 97.2 Å². The van der Waals surface area contributed by atoms with Gasteiger partial charge in [0, 0.05) is 72.8 Å². The minimum absolute atomic E-state index is 0.0129. The molecule has 4 heterocycles. The number of nitrogens with zero attached hydrogens (tertiary/aromatic N) is 5. The zero-order valence-corrected chi connectivity index (χ0v) is 30.4. The number of phenolic OH excluding ortho intramolecular Hbond substituents is 1. The van der Waals surface area contributed by atoms with Crippen LogP contribution in [0.3, 0.4) is 0 Å². The molecule has 0 spiro atoms. The number of hydrogen-bond acceptors (Lipinski definition) is 6. The number of amides is 2. The Labute approximate surface area is 313 Å². The highest BCUT2D eigenvalue weighted by Crippen LogP contribution is 2.41. The number of carbonyl (C=O) groups is 2. The molecule has 2 aliphatic carbocycles. The van der Waals surface area contributed by atoms with Gasteiger partial charge in [-0.3, -0.25) is 9.59 Å². The maximum Gasteiger partial charge on any atom is 0.254 e. The standard InChI is InChI=1S/C44H44N6O4/c1-54-39-20-33(44(53)49-25-32-14-17-37(49)40(32)45)18-35-41(39)50(42(46-35)38-19-31-4-2-3-5-36(31)48(38)23-26-6-7-26)24-27-21-47(22-27)43(52)30-10-8-28(9-11-30)29-12-15-34(51)16-13-29/h2-5,8-13,15-16,18-20,26-27,32,37,40,51H,6-7,14,17,21-25,45H2,1H3/t32-,37-,40-/m1/s1. The normalized spacial score (nSPS) is 21.0. The van der Waals surface area contributed by atoms with E-state index in [-0.39, 0.29) is 35.6 Å². The third kappa shape index (κ3) is 5.54. The van der Waals surface area contributed by atoms with Crippen LogP contribution in [-0.2, 0) is 13.1 Å². The van der Waals surface area contributed by atoms with Gasteiger partial charge in [0.1, 0.15) is 17.0 Å². The average Bonchev–Trinajstić information content (AvgIpc) is 3.53. The highest BCUT2D eigenvalue weighted by molar-refractivity contribution is 6.01. The number of benzene rings is 4. The smallest absolute Gasteiger partial charge is 0.254 e. The molecule has 6 aromatic rings. The number of fused-ring (bicyclic) bond motifs is 4. The summed E-state index contributed by atoms with van der Waals surface area (Å²) in [5, 5.41) is 10.8. The van der Waals surface area contributed by atoms with Crippen molar-refractivity contribution in [3.05, 3.63) is 102 Å². The molecule has 2 aromatic heterocycles. The van der Waals surface area contributed by atoms with Crippen molar-refractivity contribution in [2.45, 2.75) is 50.9 Å². The van der Waals surface area contributed by atoms with Crippen LogP contribution in [0.25, 0.3) is 44.6 Å². The van der Waals surface area contributed by atoms with Crippen molar-refractivity contribution >= 4 is 33.8 Å². The molecule has 2 saturated heterocycles. The van der Waals surface area contributed by atoms with Crippen LogP contribution < -0.4 is 10.5 Å². The topological polar surface area (TPSA) is 119 Å². The van der Waals surface area contributed by atoms with Crippen LogP contribution in [0.5, 0.6) is 11.5 Å². The van der Waals surface area contributed by atoms with E-state index in [4.69, 9.17) is 15.5 Å². The van der Waals surface area contributed by atoms with Crippen molar-refractivity contribution < 1.29 is 19.4 Å². The number of hydrogen-bond donors (Lipinski definition) is 2. The molecule has 2 aliphatic heterocycles. The van der Waals surface area contributed by atoms with Gasteiger partial charge in [-0.25, -0.2) is 4.98 Å². The molecule has 54 heavy (non-hydrogen) atoms. The maximum absolute atomic E-state index is 14.0. The monoisotopic (exact) mass is 720 g/mol. The van der Waals surface area contributed by atoms with E-state index >= 15 is 0 Å². The van der Waals surface area contributed by atoms with Gasteiger partial charge < -0.3 is 34.5 Å². The highest BCUT2D eigenvalue weighted by atomic mass is 16.5. The Kier molecular flexibility index (Phi) is 7.80. The highest BCUT2D eigenvalue weighted by Gasteiger charge is 2.47. The van der Waals surface area contributed by atoms with Crippen LogP contribution in [-0.4, -0.2) is 79.7 Å². The SMILES string of the molecule is COc1cc(C(=O)N2C[C@H]3CC[C@@H]2[C@@H]3N)cc2nc(-c3cc4ccccc4n3CC3CC3)n(CC3CN(C(=O)c4ccc(-c5ccc(O)cc5)cc4)C3)c12. The van der Waals surface area contributed by atoms with E-state index in [1.54, 1.807) is 19.2 Å². The van der Waals surface area contributed by atoms with Crippen molar-refractivity contribution in [3.8, 4) is 34.1 Å². The maximum atomic E-state index is 14.0. The van der Waals surface area contributed by atoms with Gasteiger partial charge in [-0.2, -0.15) is 0 Å². The van der Waals surface area contributed by atoms with Crippen LogP contribution >= 0.6 is 0 Å². The molecular formula is C44H44N6O4. The summed E-state index contributed by atoms with van der Waals surface area (Å²) in [6.45, 7) is 3.53. The fraction of sp³-hybridized carbons (Fsp3) is 0.341. The van der Waals surface area contributed by atoms with Crippen LogP contribution in [0.2, 0.25) is 0 Å². The van der Waals surface area contributed by atoms with Crippen molar-refractivity contribution in [1.29, 1.82) is 0 Å². The van der Waals surface area contributed by atoms with Gasteiger partial charge in [0.2, 0.25) is 0 Å². The summed E-state index contributed by atoms with van der Waals surface area (Å²) in [6.07, 6.45) is 4.50. The number of ether oxygens (including phenoxy) is 1. The third-order valence-electron chi connectivity index (χ3n) is 12.4. The lowest BCUT2D eigenvalue weighted by atomic mass is 9.97. The number of aromatic nitrogens is 3. The molecular weight excluding hydrogens is 677 g/mol. The minimum Gasteiger partial charge on any atom is -0.508 e. The molecule has 10 nitrogen and oxygen atoms in total. The number of rotatable bonds is 9. The van der Waals surface area contributed by atoms with Gasteiger partial charge in [0.05, 0.1) is 18.3 Å². The van der Waals surface area contributed by atoms with Crippen LogP contribution in [0.4, 0.5) is 0 Å². The first-order chi connectivity index (χ1) is 26.3. The van der Waals surface area contributed by atoms with E-state index in [9.17, 15) is 14.7 Å². The predicted octanol–water partition coefficient (Wildman–Crippen LogP) is 6.78. The molecule has 0 radical (unpaired) electrons. The fourth-order valence-electron chi connectivity index (χ4n) is 9.23. The fourth-order valence-corrected chi connectivity index (χ4v) is 9.23. The first kappa shape index (κ1) is 33.0. The molecule has 0 unspecified atom stereocenters. The van der Waals surface area contributed by atoms with E-state index in [2.05, 4.69) is 39.5 Å². The molecule has 10 rings (SSSR count). The number of piperidine rings is 1. The summed E-state index contributed by atoms with van der Waals surface area (Å²) in [7, 11) is 1.66. The molecule has 4 aromatic carbocycles. The van der Waals surface area contributed by atoms with E-state index in [1.807, 2.05) is 58.3 Å². The first-order valence-corrected chi connectivity index (χ1v) is 19.2. The quantitative estimate of drug-likeness (QED) is 0.170. The summed E-state index contributed by atoms with van der Waals surface area (Å²) in [5.41, 5.74) is 13.5. The number of likely N-dealkylation sites (tertiary alicyclic amines) is 2. The van der Waals surface area contributed by atoms with Crippen molar-refractivity contribution in [3.63, 3.8) is 0 Å². The van der Waals surface area contributed by atoms with Crippen LogP contribution in [0, 0.1) is 17.8 Å². The van der Waals surface area contributed by atoms with Gasteiger partial charge >= 0.3 is 0 Å². The summed E-state index contributed by atoms with van der Waals surface area (Å²) in [4.78, 5) is 36.8. The predicted molar refractivity (Wildman–Crippen MR) is 208 cm³/mol. The summed E-state index contributed by atoms with van der Waals surface area (Å²) >= 11 is 0. The molecule has 10 heteroatoms. The molecule has 3 N–H and O–H groups in total. The molecule has 3 atom stereocenters. The van der Waals surface area contributed by atoms with Crippen molar-refractivity contribution in [2.24, 2.45) is 23.5 Å². The van der Waals surface area contributed by atoms with E-state index in [0.717, 1.165) is 53.1 Å². The third-order valence-corrected chi connectivity index (χ3v) is 12.4. The van der Waals surface area contributed by atoms with E-state index in [1.165, 1.54) is 23.7 Å². The number of carbonyl (C=O) groups excluding carboxylic acids is 2. The minimum atomic E-state index is -0.0129. The second-order valence-electron chi connectivity index (χ2n) is 15.9. The number of imidazole rings is 1. The molecule has 2 saturated carbocycles. The largest absolute Gasteiger partial charge is 0.508 e. The van der Waals surface area contributed by atoms with Crippen LogP contribution in [0.15, 0.2) is 91.0 Å². The summed E-state index contributed by atoms with van der Waals surface area (Å²) in [5.74, 6) is 2.91. The van der Waals surface area contributed by atoms with Crippen molar-refractivity contribution in [2.75, 3.05) is 26.7 Å². The van der Waals surface area contributed by atoms with Crippen molar-refractivity contribution in [1.82, 2.24) is 23.9 Å². The Hall–Kier alpha value is -5.61. The second kappa shape index (κ2) is 12.8. The lowest BCUT2D eigenvalue weighted by Crippen LogP contribution is -2.51. The number of nitrogens with two attached hydrogens (primary N) is 1. The Morgan fingerprint density at radius 1 is 0.796 bits per heavy atom. The van der Waals surface area contributed by atoms with Gasteiger partial charge in [0.25, 0.3) is 11.8 Å². The summed E-state index contributed by atoms with van der Waals surface area (Å²) < 4.78 is 10.8. The Morgan fingerprint density at radius 2 is 1.52 bits per heavy atom. The Balaban J connectivity index is 0.980. The van der Waals surface area contributed by atoms with Gasteiger partial charge in [-0.1, -0.05) is 42.5 Å².